The highest BCUT2D eigenvalue weighted by atomic mass is 16.2. The fourth-order valence-corrected chi connectivity index (χ4v) is 2.28. The first-order chi connectivity index (χ1) is 9.96. The highest BCUT2D eigenvalue weighted by molar-refractivity contribution is 5.74. The van der Waals surface area contributed by atoms with Gasteiger partial charge in [0.2, 0.25) is 5.91 Å². The quantitative estimate of drug-likeness (QED) is 0.912. The first-order valence-electron chi connectivity index (χ1n) is 7.89. The molecule has 0 bridgehead atoms. The molecule has 0 aromatic carbocycles. The van der Waals surface area contributed by atoms with Crippen molar-refractivity contribution in [2.75, 3.05) is 18.4 Å². The van der Waals surface area contributed by atoms with Crippen molar-refractivity contribution < 1.29 is 4.79 Å². The average Bonchev–Trinajstić information content (AvgIpc) is 2.30. The molecule has 0 atom stereocenters. The molecule has 0 radical (unpaired) electrons. The summed E-state index contributed by atoms with van der Waals surface area (Å²) in [6.07, 6.45) is 0. The lowest BCUT2D eigenvalue weighted by Gasteiger charge is -2.39. The summed E-state index contributed by atoms with van der Waals surface area (Å²) in [5.74, 6) is 1.84. The van der Waals surface area contributed by atoms with Gasteiger partial charge in [0.1, 0.15) is 11.6 Å². The largest absolute Gasteiger partial charge is 0.364 e. The van der Waals surface area contributed by atoms with Crippen molar-refractivity contribution in [3.63, 3.8) is 0 Å². The van der Waals surface area contributed by atoms with E-state index < -0.39 is 0 Å². The van der Waals surface area contributed by atoms with Crippen LogP contribution in [0.5, 0.6) is 0 Å². The van der Waals surface area contributed by atoms with Gasteiger partial charge in [0.05, 0.1) is 11.7 Å². The number of nitrogens with one attached hydrogen (secondary N) is 1. The number of carbonyl (C=O) groups excluding carboxylic acids is 1. The van der Waals surface area contributed by atoms with Gasteiger partial charge in [-0.2, -0.15) is 0 Å². The Morgan fingerprint density at radius 1 is 1.14 bits per heavy atom. The van der Waals surface area contributed by atoms with Crippen molar-refractivity contribution in [3.8, 4) is 0 Å². The van der Waals surface area contributed by atoms with E-state index >= 15 is 0 Å². The Balaban J connectivity index is 2.22. The van der Waals surface area contributed by atoms with E-state index in [-0.39, 0.29) is 22.8 Å². The number of likely N-dealkylation sites (tertiary alicyclic amines) is 1. The predicted octanol–water partition coefficient (Wildman–Crippen LogP) is 2.71. The molecule has 1 aromatic heterocycles. The Hall–Kier alpha value is -1.65. The number of carbonyl (C=O) groups is 1. The number of hydrogen-bond donors (Lipinski definition) is 1. The van der Waals surface area contributed by atoms with Gasteiger partial charge in [0, 0.05) is 36.9 Å². The minimum atomic E-state index is -0.0945. The zero-order valence-electron chi connectivity index (χ0n) is 14.8. The molecule has 0 spiro atoms. The molecule has 1 fully saturated rings. The van der Waals surface area contributed by atoms with E-state index in [1.165, 1.54) is 0 Å². The van der Waals surface area contributed by atoms with E-state index in [1.54, 1.807) is 6.92 Å². The molecule has 2 rings (SSSR count). The Labute approximate surface area is 133 Å². The second-order valence-electron chi connectivity index (χ2n) is 8.23. The van der Waals surface area contributed by atoms with Gasteiger partial charge in [-0.05, 0) is 0 Å². The lowest BCUT2D eigenvalue weighted by atomic mass is 9.90. The summed E-state index contributed by atoms with van der Waals surface area (Å²) in [4.78, 5) is 22.5. The van der Waals surface area contributed by atoms with E-state index in [9.17, 15) is 4.79 Å². The SMILES string of the molecule is CC(=O)N1CC(Nc2cc(C(C)(C)C)nc(C(C)(C)C)n2)C1. The highest BCUT2D eigenvalue weighted by Crippen LogP contribution is 2.27. The van der Waals surface area contributed by atoms with Gasteiger partial charge in [0.25, 0.3) is 0 Å². The van der Waals surface area contributed by atoms with Gasteiger partial charge in [-0.1, -0.05) is 41.5 Å². The van der Waals surface area contributed by atoms with Crippen LogP contribution in [0.25, 0.3) is 0 Å². The summed E-state index contributed by atoms with van der Waals surface area (Å²) in [5.41, 5.74) is 0.922. The summed E-state index contributed by atoms with van der Waals surface area (Å²) in [6, 6.07) is 2.31. The molecule has 1 amide bonds. The first kappa shape index (κ1) is 16.7. The van der Waals surface area contributed by atoms with E-state index in [0.29, 0.717) is 0 Å². The molecular formula is C17H28N4O. The summed E-state index contributed by atoms with van der Waals surface area (Å²) < 4.78 is 0. The van der Waals surface area contributed by atoms with Crippen LogP contribution in [0.3, 0.4) is 0 Å². The van der Waals surface area contributed by atoms with Gasteiger partial charge in [-0.25, -0.2) is 9.97 Å². The minimum Gasteiger partial charge on any atom is -0.364 e. The third-order valence-electron chi connectivity index (χ3n) is 3.84. The second-order valence-corrected chi connectivity index (χ2v) is 8.23. The monoisotopic (exact) mass is 304 g/mol. The molecule has 0 saturated carbocycles. The van der Waals surface area contributed by atoms with Crippen molar-refractivity contribution >= 4 is 11.7 Å². The van der Waals surface area contributed by atoms with Crippen LogP contribution in [0.15, 0.2) is 6.07 Å². The molecule has 22 heavy (non-hydrogen) atoms. The van der Waals surface area contributed by atoms with Crippen molar-refractivity contribution in [3.05, 3.63) is 17.6 Å². The van der Waals surface area contributed by atoms with Crippen LogP contribution >= 0.6 is 0 Å². The number of amides is 1. The lowest BCUT2D eigenvalue weighted by Crippen LogP contribution is -2.56. The number of hydrogen-bond acceptors (Lipinski definition) is 4. The van der Waals surface area contributed by atoms with E-state index in [1.807, 2.05) is 11.0 Å². The van der Waals surface area contributed by atoms with Crippen LogP contribution in [0.1, 0.15) is 60.0 Å². The summed E-state index contributed by atoms with van der Waals surface area (Å²) in [6.45, 7) is 15.9. The third-order valence-corrected chi connectivity index (χ3v) is 3.84. The standard InChI is InChI=1S/C17H28N4O/c1-11(22)21-9-12(10-21)18-14-8-13(16(2,3)4)19-15(20-14)17(5,6)7/h8,12H,9-10H2,1-7H3,(H,18,19,20). The average molecular weight is 304 g/mol. The number of anilines is 1. The normalized spacial score (nSPS) is 16.4. The summed E-state index contributed by atoms with van der Waals surface area (Å²) in [5, 5.41) is 3.44. The molecule has 122 valence electrons. The third kappa shape index (κ3) is 3.76. The molecule has 1 N–H and O–H groups in total. The molecule has 0 unspecified atom stereocenters. The molecule has 5 nitrogen and oxygen atoms in total. The van der Waals surface area contributed by atoms with Crippen LogP contribution in [0, 0.1) is 0 Å². The molecule has 2 heterocycles. The zero-order valence-corrected chi connectivity index (χ0v) is 14.8. The fraction of sp³-hybridized carbons (Fsp3) is 0.706. The maximum atomic E-state index is 11.3. The van der Waals surface area contributed by atoms with E-state index in [4.69, 9.17) is 4.98 Å². The summed E-state index contributed by atoms with van der Waals surface area (Å²) >= 11 is 0. The van der Waals surface area contributed by atoms with Crippen LogP contribution < -0.4 is 5.32 Å². The van der Waals surface area contributed by atoms with Crippen molar-refractivity contribution in [1.82, 2.24) is 14.9 Å². The van der Waals surface area contributed by atoms with Crippen LogP contribution in [0.2, 0.25) is 0 Å². The van der Waals surface area contributed by atoms with E-state index in [2.05, 4.69) is 51.8 Å². The maximum absolute atomic E-state index is 11.3. The Morgan fingerprint density at radius 3 is 2.18 bits per heavy atom. The molecular weight excluding hydrogens is 276 g/mol. The predicted molar refractivity (Wildman–Crippen MR) is 89.1 cm³/mol. The molecule has 1 saturated heterocycles. The molecule has 5 heteroatoms. The zero-order chi connectivity index (χ0) is 16.7. The molecule has 1 aromatic rings. The van der Waals surface area contributed by atoms with Crippen molar-refractivity contribution in [2.24, 2.45) is 0 Å². The van der Waals surface area contributed by atoms with Crippen molar-refractivity contribution in [1.29, 1.82) is 0 Å². The van der Waals surface area contributed by atoms with Crippen LogP contribution in [0.4, 0.5) is 5.82 Å². The molecule has 0 aliphatic carbocycles. The second kappa shape index (κ2) is 5.52. The molecule has 1 aliphatic rings. The number of aromatic nitrogens is 2. The Bertz CT molecular complexity index is 531. The molecule has 1 aliphatic heterocycles. The first-order valence-corrected chi connectivity index (χ1v) is 7.89. The van der Waals surface area contributed by atoms with Gasteiger partial charge < -0.3 is 10.2 Å². The van der Waals surface area contributed by atoms with Crippen molar-refractivity contribution in [2.45, 2.75) is 65.3 Å². The summed E-state index contributed by atoms with van der Waals surface area (Å²) in [7, 11) is 0. The fourth-order valence-electron chi connectivity index (χ4n) is 2.28. The smallest absolute Gasteiger partial charge is 0.219 e. The number of nitrogens with zero attached hydrogens (tertiary/aromatic N) is 3. The highest BCUT2D eigenvalue weighted by Gasteiger charge is 2.30. The van der Waals surface area contributed by atoms with Gasteiger partial charge in [-0.15, -0.1) is 0 Å². The minimum absolute atomic E-state index is 0.0234. The van der Waals surface area contributed by atoms with Gasteiger partial charge >= 0.3 is 0 Å². The van der Waals surface area contributed by atoms with Crippen LogP contribution in [-0.2, 0) is 15.6 Å². The van der Waals surface area contributed by atoms with Crippen LogP contribution in [-0.4, -0.2) is 39.9 Å². The van der Waals surface area contributed by atoms with Gasteiger partial charge in [0.15, 0.2) is 0 Å². The Kier molecular flexibility index (Phi) is 4.20. The lowest BCUT2D eigenvalue weighted by molar-refractivity contribution is -0.132. The number of rotatable bonds is 2. The maximum Gasteiger partial charge on any atom is 0.219 e. The Morgan fingerprint density at radius 2 is 1.73 bits per heavy atom. The topological polar surface area (TPSA) is 58.1 Å². The van der Waals surface area contributed by atoms with Gasteiger partial charge in [-0.3, -0.25) is 4.79 Å². The van der Waals surface area contributed by atoms with E-state index in [0.717, 1.165) is 30.4 Å².